The van der Waals surface area contributed by atoms with E-state index in [4.69, 9.17) is 4.74 Å². The van der Waals surface area contributed by atoms with Crippen LogP contribution in [0.1, 0.15) is 39.2 Å². The lowest BCUT2D eigenvalue weighted by Crippen LogP contribution is -2.47. The molecule has 0 aliphatic carbocycles. The van der Waals surface area contributed by atoms with Gasteiger partial charge in [0, 0.05) is 50.3 Å². The quantitative estimate of drug-likeness (QED) is 0.498. The highest BCUT2D eigenvalue weighted by molar-refractivity contribution is 5.83. The fraction of sp³-hybridized carbons (Fsp3) is 0.565. The number of amides is 1. The van der Waals surface area contributed by atoms with Gasteiger partial charge in [-0.1, -0.05) is 0 Å². The minimum absolute atomic E-state index is 0.230. The van der Waals surface area contributed by atoms with E-state index >= 15 is 0 Å². The molecule has 1 fully saturated rings. The van der Waals surface area contributed by atoms with E-state index in [1.54, 1.807) is 24.1 Å². The number of ether oxygens (including phenoxy) is 1. The van der Waals surface area contributed by atoms with Crippen LogP contribution in [-0.2, 0) is 11.2 Å². The number of hydrogen-bond donors (Lipinski definition) is 3. The fourth-order valence-corrected chi connectivity index (χ4v) is 3.86. The Morgan fingerprint density at radius 2 is 2.16 bits per heavy atom. The molecule has 0 spiro atoms. The SMILES string of the molecule is CN=C(NCCc1c[nH]c2ccc(F)cc12)NCC1CCCN(C(=O)OC(C)(C)C)C1. The molecule has 1 aromatic heterocycles. The van der Waals surface area contributed by atoms with Gasteiger partial charge < -0.3 is 25.3 Å². The van der Waals surface area contributed by atoms with Crippen molar-refractivity contribution in [1.29, 1.82) is 0 Å². The summed E-state index contributed by atoms with van der Waals surface area (Å²) in [5.74, 6) is 0.837. The van der Waals surface area contributed by atoms with Crippen LogP contribution in [0.5, 0.6) is 0 Å². The van der Waals surface area contributed by atoms with E-state index in [1.165, 1.54) is 6.07 Å². The van der Waals surface area contributed by atoms with Crippen LogP contribution in [0.3, 0.4) is 0 Å². The molecule has 1 saturated heterocycles. The lowest BCUT2D eigenvalue weighted by Gasteiger charge is -2.34. The van der Waals surface area contributed by atoms with Crippen LogP contribution in [-0.4, -0.2) is 60.8 Å². The highest BCUT2D eigenvalue weighted by Crippen LogP contribution is 2.20. The van der Waals surface area contributed by atoms with E-state index in [1.807, 2.05) is 27.0 Å². The van der Waals surface area contributed by atoms with Gasteiger partial charge in [-0.3, -0.25) is 4.99 Å². The minimum Gasteiger partial charge on any atom is -0.444 e. The van der Waals surface area contributed by atoms with Crippen molar-refractivity contribution in [3.8, 4) is 0 Å². The van der Waals surface area contributed by atoms with Crippen LogP contribution in [0.25, 0.3) is 10.9 Å². The molecule has 1 amide bonds. The van der Waals surface area contributed by atoms with Gasteiger partial charge in [0.2, 0.25) is 0 Å². The Hall–Kier alpha value is -2.77. The van der Waals surface area contributed by atoms with Gasteiger partial charge in [0.15, 0.2) is 5.96 Å². The second kappa shape index (κ2) is 10.0. The van der Waals surface area contributed by atoms with Crippen LogP contribution in [0.15, 0.2) is 29.4 Å². The molecule has 31 heavy (non-hydrogen) atoms. The van der Waals surface area contributed by atoms with E-state index in [0.717, 1.165) is 54.8 Å². The van der Waals surface area contributed by atoms with Crippen molar-refractivity contribution < 1.29 is 13.9 Å². The maximum atomic E-state index is 13.5. The predicted octanol–water partition coefficient (Wildman–Crippen LogP) is 3.66. The Kier molecular flexibility index (Phi) is 7.41. The van der Waals surface area contributed by atoms with Gasteiger partial charge in [-0.15, -0.1) is 0 Å². The average molecular weight is 432 g/mol. The van der Waals surface area contributed by atoms with Crippen LogP contribution >= 0.6 is 0 Å². The number of aliphatic imine (C=N–C) groups is 1. The number of carbonyl (C=O) groups excluding carboxylic acids is 1. The summed E-state index contributed by atoms with van der Waals surface area (Å²) in [6.45, 7) is 8.49. The number of aromatic amines is 1. The van der Waals surface area contributed by atoms with Crippen molar-refractivity contribution in [3.05, 3.63) is 35.8 Å². The zero-order chi connectivity index (χ0) is 22.4. The number of carbonyl (C=O) groups is 1. The average Bonchev–Trinajstić information content (AvgIpc) is 3.11. The maximum absolute atomic E-state index is 13.5. The Morgan fingerprint density at radius 1 is 1.35 bits per heavy atom. The first-order valence-corrected chi connectivity index (χ1v) is 10.9. The molecular weight excluding hydrogens is 397 g/mol. The van der Waals surface area contributed by atoms with Crippen molar-refractivity contribution >= 4 is 23.0 Å². The van der Waals surface area contributed by atoms with E-state index in [-0.39, 0.29) is 11.9 Å². The van der Waals surface area contributed by atoms with Crippen molar-refractivity contribution in [1.82, 2.24) is 20.5 Å². The number of fused-ring (bicyclic) bond motifs is 1. The number of rotatable bonds is 5. The molecule has 1 unspecified atom stereocenters. The van der Waals surface area contributed by atoms with Crippen LogP contribution in [0.4, 0.5) is 9.18 Å². The van der Waals surface area contributed by atoms with Gasteiger partial charge in [-0.2, -0.15) is 0 Å². The second-order valence-electron chi connectivity index (χ2n) is 9.07. The van der Waals surface area contributed by atoms with Crippen LogP contribution in [0.2, 0.25) is 0 Å². The van der Waals surface area contributed by atoms with E-state index in [2.05, 4.69) is 20.6 Å². The largest absolute Gasteiger partial charge is 0.444 e. The van der Waals surface area contributed by atoms with Gasteiger partial charge in [0.1, 0.15) is 11.4 Å². The van der Waals surface area contributed by atoms with Gasteiger partial charge in [0.25, 0.3) is 0 Å². The summed E-state index contributed by atoms with van der Waals surface area (Å²) >= 11 is 0. The summed E-state index contributed by atoms with van der Waals surface area (Å²) in [7, 11) is 1.74. The molecule has 1 aromatic carbocycles. The molecule has 7 nitrogen and oxygen atoms in total. The zero-order valence-electron chi connectivity index (χ0n) is 18.9. The number of guanidine groups is 1. The molecule has 3 rings (SSSR count). The number of hydrogen-bond acceptors (Lipinski definition) is 3. The summed E-state index contributed by atoms with van der Waals surface area (Å²) in [5, 5.41) is 7.59. The third kappa shape index (κ3) is 6.60. The molecule has 170 valence electrons. The number of benzene rings is 1. The molecule has 2 aromatic rings. The first-order chi connectivity index (χ1) is 14.7. The molecule has 1 aliphatic heterocycles. The number of H-pyrrole nitrogens is 1. The number of piperidine rings is 1. The normalized spacial score (nSPS) is 17.6. The van der Waals surface area contributed by atoms with Crippen molar-refractivity contribution in [3.63, 3.8) is 0 Å². The molecule has 0 bridgehead atoms. The number of nitrogens with zero attached hydrogens (tertiary/aromatic N) is 2. The van der Waals surface area contributed by atoms with E-state index in [0.29, 0.717) is 19.0 Å². The summed E-state index contributed by atoms with van der Waals surface area (Å²) in [5.41, 5.74) is 1.52. The second-order valence-corrected chi connectivity index (χ2v) is 9.07. The summed E-state index contributed by atoms with van der Waals surface area (Å²) in [6, 6.07) is 4.78. The van der Waals surface area contributed by atoms with Gasteiger partial charge >= 0.3 is 6.09 Å². The minimum atomic E-state index is -0.481. The lowest BCUT2D eigenvalue weighted by molar-refractivity contribution is 0.0168. The molecular formula is C23H34FN5O2. The molecule has 3 N–H and O–H groups in total. The Balaban J connectivity index is 1.44. The third-order valence-corrected chi connectivity index (χ3v) is 5.37. The molecule has 1 aliphatic rings. The molecule has 0 radical (unpaired) electrons. The van der Waals surface area contributed by atoms with Crippen molar-refractivity contribution in [2.45, 2.75) is 45.6 Å². The van der Waals surface area contributed by atoms with Crippen LogP contribution < -0.4 is 10.6 Å². The molecule has 1 atom stereocenters. The molecule has 0 saturated carbocycles. The standard InChI is InChI=1S/C23H34FN5O2/c1-23(2,3)31-22(30)29-11-5-6-16(15-29)13-28-21(25-4)26-10-9-17-14-27-20-8-7-18(24)12-19(17)20/h7-8,12,14,16,27H,5-6,9-11,13,15H2,1-4H3,(H2,25,26,28). The first kappa shape index (κ1) is 22.9. The third-order valence-electron chi connectivity index (χ3n) is 5.37. The number of halogens is 1. The Bertz CT molecular complexity index is 918. The van der Waals surface area contributed by atoms with Gasteiger partial charge in [0.05, 0.1) is 0 Å². The number of nitrogens with one attached hydrogen (secondary N) is 3. The van der Waals surface area contributed by atoms with Gasteiger partial charge in [-0.05, 0) is 69.7 Å². The zero-order valence-corrected chi connectivity index (χ0v) is 18.9. The van der Waals surface area contributed by atoms with Crippen molar-refractivity contribution in [2.24, 2.45) is 10.9 Å². The summed E-state index contributed by atoms with van der Waals surface area (Å²) in [4.78, 5) is 21.6. The molecule has 8 heteroatoms. The Morgan fingerprint density at radius 3 is 2.90 bits per heavy atom. The molecule has 2 heterocycles. The first-order valence-electron chi connectivity index (χ1n) is 10.9. The van der Waals surface area contributed by atoms with Crippen molar-refractivity contribution in [2.75, 3.05) is 33.2 Å². The van der Waals surface area contributed by atoms with Gasteiger partial charge in [-0.25, -0.2) is 9.18 Å². The number of likely N-dealkylation sites (tertiary alicyclic amines) is 1. The predicted molar refractivity (Wildman–Crippen MR) is 122 cm³/mol. The topological polar surface area (TPSA) is 81.8 Å². The van der Waals surface area contributed by atoms with E-state index in [9.17, 15) is 9.18 Å². The van der Waals surface area contributed by atoms with E-state index < -0.39 is 5.60 Å². The fourth-order valence-electron chi connectivity index (χ4n) is 3.86. The Labute approximate surface area is 183 Å². The smallest absolute Gasteiger partial charge is 0.410 e. The summed E-state index contributed by atoms with van der Waals surface area (Å²) < 4.78 is 19.0. The monoisotopic (exact) mass is 431 g/mol. The van der Waals surface area contributed by atoms with Crippen LogP contribution in [0, 0.1) is 11.7 Å². The highest BCUT2D eigenvalue weighted by Gasteiger charge is 2.27. The number of aromatic nitrogens is 1. The highest BCUT2D eigenvalue weighted by atomic mass is 19.1. The maximum Gasteiger partial charge on any atom is 0.410 e. The summed E-state index contributed by atoms with van der Waals surface area (Å²) in [6.07, 6.45) is 4.46. The lowest BCUT2D eigenvalue weighted by atomic mass is 9.98.